The van der Waals surface area contributed by atoms with Crippen LogP contribution in [0.25, 0.3) is 0 Å². The molecule has 6 nitrogen and oxygen atoms in total. The molecule has 1 saturated carbocycles. The second-order valence-electron chi connectivity index (χ2n) is 6.91. The zero-order valence-corrected chi connectivity index (χ0v) is 15.3. The molecule has 142 valence electrons. The van der Waals surface area contributed by atoms with E-state index in [0.29, 0.717) is 17.7 Å². The van der Waals surface area contributed by atoms with Crippen molar-refractivity contribution >= 4 is 23.5 Å². The van der Waals surface area contributed by atoms with Gasteiger partial charge in [0.2, 0.25) is 5.91 Å². The third-order valence-corrected chi connectivity index (χ3v) is 4.82. The topological polar surface area (TPSA) is 95.5 Å². The Bertz CT molecular complexity index is 638. The molecular weight excluding hydrogens is 332 g/mol. The summed E-state index contributed by atoms with van der Waals surface area (Å²) in [4.78, 5) is 36.0. The number of benzene rings is 1. The highest BCUT2D eigenvalue weighted by atomic mass is 16.4. The van der Waals surface area contributed by atoms with E-state index in [-0.39, 0.29) is 11.8 Å². The van der Waals surface area contributed by atoms with Crippen molar-refractivity contribution < 1.29 is 19.5 Å². The van der Waals surface area contributed by atoms with Crippen LogP contribution in [-0.2, 0) is 9.59 Å². The summed E-state index contributed by atoms with van der Waals surface area (Å²) in [6, 6.07) is 5.73. The minimum atomic E-state index is -1.03. The van der Waals surface area contributed by atoms with E-state index in [1.807, 2.05) is 6.92 Å². The Balaban J connectivity index is 1.99. The van der Waals surface area contributed by atoms with E-state index in [0.717, 1.165) is 38.5 Å². The first-order valence-corrected chi connectivity index (χ1v) is 9.46. The number of carbonyl (C=O) groups is 3. The number of carboxylic acid groups (broad SMARTS) is 1. The summed E-state index contributed by atoms with van der Waals surface area (Å²) in [5, 5.41) is 14.7. The second kappa shape index (κ2) is 9.94. The van der Waals surface area contributed by atoms with E-state index < -0.39 is 17.9 Å². The van der Waals surface area contributed by atoms with Gasteiger partial charge in [0, 0.05) is 17.2 Å². The molecule has 0 aromatic heterocycles. The van der Waals surface area contributed by atoms with Crippen LogP contribution in [0.1, 0.15) is 68.6 Å². The highest BCUT2D eigenvalue weighted by Gasteiger charge is 2.22. The third-order valence-electron chi connectivity index (χ3n) is 4.82. The number of amides is 2. The van der Waals surface area contributed by atoms with Gasteiger partial charge in [-0.3, -0.25) is 9.59 Å². The van der Waals surface area contributed by atoms with E-state index in [4.69, 9.17) is 0 Å². The molecule has 0 radical (unpaired) electrons. The molecule has 1 aromatic carbocycles. The Kier molecular flexibility index (Phi) is 7.63. The number of aliphatic carboxylic acids is 1. The fourth-order valence-electron chi connectivity index (χ4n) is 3.25. The highest BCUT2D eigenvalue weighted by Crippen LogP contribution is 2.25. The maximum absolute atomic E-state index is 12.4. The molecule has 0 aliphatic heterocycles. The molecule has 1 aliphatic carbocycles. The van der Waals surface area contributed by atoms with Crippen molar-refractivity contribution in [2.45, 2.75) is 64.3 Å². The average molecular weight is 360 g/mol. The zero-order valence-electron chi connectivity index (χ0n) is 15.3. The highest BCUT2D eigenvalue weighted by molar-refractivity contribution is 5.99. The number of carbonyl (C=O) groups excluding carboxylic acids is 2. The molecule has 1 aliphatic rings. The summed E-state index contributed by atoms with van der Waals surface area (Å²) < 4.78 is 0. The van der Waals surface area contributed by atoms with Gasteiger partial charge in [-0.1, -0.05) is 45.1 Å². The molecule has 6 heteroatoms. The molecule has 2 rings (SSSR count). The van der Waals surface area contributed by atoms with Gasteiger partial charge >= 0.3 is 5.97 Å². The van der Waals surface area contributed by atoms with Gasteiger partial charge in [0.25, 0.3) is 5.91 Å². The Morgan fingerprint density at radius 2 is 1.92 bits per heavy atom. The van der Waals surface area contributed by atoms with E-state index in [2.05, 4.69) is 10.6 Å². The van der Waals surface area contributed by atoms with Crippen molar-refractivity contribution in [3.63, 3.8) is 0 Å². The van der Waals surface area contributed by atoms with E-state index >= 15 is 0 Å². The summed E-state index contributed by atoms with van der Waals surface area (Å²) in [5.41, 5.74) is 0.905. The van der Waals surface area contributed by atoms with Gasteiger partial charge in [0.05, 0.1) is 0 Å². The van der Waals surface area contributed by atoms with Gasteiger partial charge in [-0.2, -0.15) is 0 Å². The molecule has 0 spiro atoms. The quantitative estimate of drug-likeness (QED) is 0.660. The first-order valence-electron chi connectivity index (χ1n) is 9.46. The van der Waals surface area contributed by atoms with Crippen LogP contribution < -0.4 is 10.6 Å². The number of unbranched alkanes of at least 4 members (excludes halogenated alkanes) is 1. The van der Waals surface area contributed by atoms with Gasteiger partial charge in [-0.15, -0.1) is 0 Å². The minimum Gasteiger partial charge on any atom is -0.480 e. The maximum Gasteiger partial charge on any atom is 0.326 e. The largest absolute Gasteiger partial charge is 0.480 e. The summed E-state index contributed by atoms with van der Waals surface area (Å²) in [6.07, 6.45) is 7.14. The van der Waals surface area contributed by atoms with Crippen LogP contribution in [0.5, 0.6) is 0 Å². The first kappa shape index (κ1) is 19.9. The molecule has 26 heavy (non-hydrogen) atoms. The lowest BCUT2D eigenvalue weighted by atomic mass is 9.88. The monoisotopic (exact) mass is 360 g/mol. The second-order valence-corrected chi connectivity index (χ2v) is 6.91. The standard InChI is InChI=1S/C20H28N2O4/c1-2-3-12-17(20(25)26)22-19(24)15-10-7-11-16(13-15)21-18(23)14-8-5-4-6-9-14/h7,10-11,13-14,17H,2-6,8-9,12H2,1H3,(H,21,23)(H,22,24)(H,25,26). The number of carboxylic acids is 1. The molecule has 3 N–H and O–H groups in total. The van der Waals surface area contributed by atoms with Crippen molar-refractivity contribution in [3.05, 3.63) is 29.8 Å². The van der Waals surface area contributed by atoms with Crippen LogP contribution in [0.3, 0.4) is 0 Å². The summed E-state index contributed by atoms with van der Waals surface area (Å²) in [5.74, 6) is -1.45. The number of hydrogen-bond donors (Lipinski definition) is 3. The Morgan fingerprint density at radius 1 is 1.19 bits per heavy atom. The van der Waals surface area contributed by atoms with E-state index in [9.17, 15) is 19.5 Å². The fraction of sp³-hybridized carbons (Fsp3) is 0.550. The molecule has 0 bridgehead atoms. The average Bonchev–Trinajstić information content (AvgIpc) is 2.65. The smallest absolute Gasteiger partial charge is 0.326 e. The predicted octanol–water partition coefficient (Wildman–Crippen LogP) is 3.58. The van der Waals surface area contributed by atoms with Crippen molar-refractivity contribution in [1.82, 2.24) is 5.32 Å². The van der Waals surface area contributed by atoms with Crippen LogP contribution in [0.15, 0.2) is 24.3 Å². The van der Waals surface area contributed by atoms with Crippen LogP contribution in [-0.4, -0.2) is 28.9 Å². The van der Waals surface area contributed by atoms with Crippen molar-refractivity contribution in [1.29, 1.82) is 0 Å². The first-order chi connectivity index (χ1) is 12.5. The van der Waals surface area contributed by atoms with E-state index in [1.54, 1.807) is 24.3 Å². The van der Waals surface area contributed by atoms with Crippen LogP contribution in [0.2, 0.25) is 0 Å². The molecule has 1 atom stereocenters. The normalized spacial score (nSPS) is 15.9. The molecular formula is C20H28N2O4. The lowest BCUT2D eigenvalue weighted by molar-refractivity contribution is -0.139. The Labute approximate surface area is 154 Å². The molecule has 1 fully saturated rings. The van der Waals surface area contributed by atoms with Crippen molar-refractivity contribution in [2.75, 3.05) is 5.32 Å². The number of nitrogens with one attached hydrogen (secondary N) is 2. The fourth-order valence-corrected chi connectivity index (χ4v) is 3.25. The number of anilines is 1. The summed E-state index contributed by atoms with van der Waals surface area (Å²) in [6.45, 7) is 1.97. The van der Waals surface area contributed by atoms with E-state index in [1.165, 1.54) is 6.42 Å². The molecule has 0 saturated heterocycles. The van der Waals surface area contributed by atoms with Gasteiger partial charge < -0.3 is 15.7 Å². The summed E-state index contributed by atoms with van der Waals surface area (Å²) >= 11 is 0. The van der Waals surface area contributed by atoms with Gasteiger partial charge in [0.15, 0.2) is 0 Å². The van der Waals surface area contributed by atoms with Crippen molar-refractivity contribution in [3.8, 4) is 0 Å². The van der Waals surface area contributed by atoms with Crippen LogP contribution >= 0.6 is 0 Å². The number of rotatable bonds is 8. The van der Waals surface area contributed by atoms with Gasteiger partial charge in [0.1, 0.15) is 6.04 Å². The SMILES string of the molecule is CCCCC(NC(=O)c1cccc(NC(=O)C2CCCCC2)c1)C(=O)O. The predicted molar refractivity (Wildman–Crippen MR) is 100 cm³/mol. The maximum atomic E-state index is 12.4. The Hall–Kier alpha value is -2.37. The zero-order chi connectivity index (χ0) is 18.9. The lowest BCUT2D eigenvalue weighted by Crippen LogP contribution is -2.40. The van der Waals surface area contributed by atoms with Crippen LogP contribution in [0.4, 0.5) is 5.69 Å². The summed E-state index contributed by atoms with van der Waals surface area (Å²) in [7, 11) is 0. The van der Waals surface area contributed by atoms with Crippen LogP contribution in [0, 0.1) is 5.92 Å². The van der Waals surface area contributed by atoms with Gasteiger partial charge in [-0.05, 0) is 37.5 Å². The lowest BCUT2D eigenvalue weighted by Gasteiger charge is -2.21. The molecule has 1 unspecified atom stereocenters. The van der Waals surface area contributed by atoms with Gasteiger partial charge in [-0.25, -0.2) is 4.79 Å². The minimum absolute atomic E-state index is 0.00591. The molecule has 1 aromatic rings. The third kappa shape index (κ3) is 5.86. The molecule has 0 heterocycles. The molecule has 2 amide bonds. The Morgan fingerprint density at radius 3 is 2.58 bits per heavy atom. The number of hydrogen-bond acceptors (Lipinski definition) is 3. The van der Waals surface area contributed by atoms with Crippen molar-refractivity contribution in [2.24, 2.45) is 5.92 Å².